The van der Waals surface area contributed by atoms with Gasteiger partial charge in [-0.25, -0.2) is 14.2 Å². The molecule has 1 aromatic heterocycles. The number of pyridine rings is 1. The number of halogens is 1. The summed E-state index contributed by atoms with van der Waals surface area (Å²) < 4.78 is 13.5. The molecule has 1 aromatic carbocycles. The number of carboxylic acid groups (broad SMARTS) is 1. The molecule has 0 spiro atoms. The predicted octanol–water partition coefficient (Wildman–Crippen LogP) is 2.59. The standard InChI is InChI=1S/C12H8FNO2/c13-9-6-7-10(12(15)16)14-11(9)8-4-2-1-3-5-8/h1-7H,(H,15,16). The highest BCUT2D eigenvalue weighted by molar-refractivity contribution is 5.86. The van der Waals surface area contributed by atoms with E-state index in [1.165, 1.54) is 0 Å². The van der Waals surface area contributed by atoms with E-state index in [9.17, 15) is 9.18 Å². The van der Waals surface area contributed by atoms with Gasteiger partial charge in [0.05, 0.1) is 0 Å². The fourth-order valence-corrected chi connectivity index (χ4v) is 1.36. The van der Waals surface area contributed by atoms with Crippen LogP contribution in [-0.4, -0.2) is 16.1 Å². The van der Waals surface area contributed by atoms with Crippen molar-refractivity contribution in [2.75, 3.05) is 0 Å². The van der Waals surface area contributed by atoms with Crippen LogP contribution >= 0.6 is 0 Å². The number of carboxylic acids is 1. The zero-order chi connectivity index (χ0) is 11.5. The second-order valence-electron chi connectivity index (χ2n) is 3.20. The van der Waals surface area contributed by atoms with Crippen molar-refractivity contribution in [3.05, 3.63) is 54.0 Å². The lowest BCUT2D eigenvalue weighted by molar-refractivity contribution is 0.0690. The first-order chi connectivity index (χ1) is 7.68. The molecule has 0 atom stereocenters. The number of rotatable bonds is 2. The van der Waals surface area contributed by atoms with Crippen LogP contribution in [0.3, 0.4) is 0 Å². The SMILES string of the molecule is O=C(O)c1ccc(F)c(-c2ccccc2)n1. The summed E-state index contributed by atoms with van der Waals surface area (Å²) in [6.07, 6.45) is 0. The van der Waals surface area contributed by atoms with E-state index < -0.39 is 11.8 Å². The van der Waals surface area contributed by atoms with Gasteiger partial charge in [0.15, 0.2) is 0 Å². The molecule has 80 valence electrons. The number of hydrogen-bond acceptors (Lipinski definition) is 2. The average molecular weight is 217 g/mol. The summed E-state index contributed by atoms with van der Waals surface area (Å²) >= 11 is 0. The van der Waals surface area contributed by atoms with Crippen LogP contribution in [0.4, 0.5) is 4.39 Å². The first kappa shape index (κ1) is 10.3. The van der Waals surface area contributed by atoms with Gasteiger partial charge in [-0.05, 0) is 12.1 Å². The fourth-order valence-electron chi connectivity index (χ4n) is 1.36. The third-order valence-corrected chi connectivity index (χ3v) is 2.11. The average Bonchev–Trinajstić information content (AvgIpc) is 2.30. The Morgan fingerprint density at radius 1 is 1.12 bits per heavy atom. The number of carbonyl (C=O) groups is 1. The van der Waals surface area contributed by atoms with Crippen LogP contribution in [0, 0.1) is 5.82 Å². The van der Waals surface area contributed by atoms with Crippen molar-refractivity contribution in [3.63, 3.8) is 0 Å². The molecule has 0 amide bonds. The highest BCUT2D eigenvalue weighted by atomic mass is 19.1. The summed E-state index contributed by atoms with van der Waals surface area (Å²) in [5, 5.41) is 8.76. The minimum atomic E-state index is -1.17. The Morgan fingerprint density at radius 2 is 1.81 bits per heavy atom. The van der Waals surface area contributed by atoms with Gasteiger partial charge < -0.3 is 5.11 Å². The maximum atomic E-state index is 13.5. The lowest BCUT2D eigenvalue weighted by Crippen LogP contribution is -2.02. The molecule has 0 saturated heterocycles. The van der Waals surface area contributed by atoms with Gasteiger partial charge in [-0.3, -0.25) is 0 Å². The molecular formula is C12H8FNO2. The van der Waals surface area contributed by atoms with Gasteiger partial charge in [0.2, 0.25) is 0 Å². The van der Waals surface area contributed by atoms with Crippen LogP contribution in [0.1, 0.15) is 10.5 Å². The molecule has 0 radical (unpaired) electrons. The first-order valence-electron chi connectivity index (χ1n) is 4.64. The van der Waals surface area contributed by atoms with Gasteiger partial charge in [0, 0.05) is 5.56 Å². The number of benzene rings is 1. The molecule has 16 heavy (non-hydrogen) atoms. The second-order valence-corrected chi connectivity index (χ2v) is 3.20. The van der Waals surface area contributed by atoms with Crippen molar-refractivity contribution in [2.45, 2.75) is 0 Å². The Bertz CT molecular complexity index is 526. The molecule has 1 N–H and O–H groups in total. The van der Waals surface area contributed by atoms with E-state index in [4.69, 9.17) is 5.11 Å². The topological polar surface area (TPSA) is 50.2 Å². The monoisotopic (exact) mass is 217 g/mol. The molecular weight excluding hydrogens is 209 g/mol. The maximum absolute atomic E-state index is 13.5. The van der Waals surface area contributed by atoms with Gasteiger partial charge >= 0.3 is 5.97 Å². The zero-order valence-electron chi connectivity index (χ0n) is 8.22. The molecule has 0 aliphatic rings. The molecule has 0 unspecified atom stereocenters. The summed E-state index contributed by atoms with van der Waals surface area (Å²) in [6.45, 7) is 0. The van der Waals surface area contributed by atoms with E-state index in [1.807, 2.05) is 0 Å². The predicted molar refractivity (Wildman–Crippen MR) is 56.6 cm³/mol. The molecule has 0 saturated carbocycles. The minimum absolute atomic E-state index is 0.0560. The summed E-state index contributed by atoms with van der Waals surface area (Å²) in [6, 6.07) is 10.9. The number of aromatic nitrogens is 1. The van der Waals surface area contributed by atoms with Gasteiger partial charge in [-0.2, -0.15) is 0 Å². The van der Waals surface area contributed by atoms with Crippen molar-refractivity contribution in [1.29, 1.82) is 0 Å². The van der Waals surface area contributed by atoms with Crippen LogP contribution in [0.25, 0.3) is 11.3 Å². The van der Waals surface area contributed by atoms with E-state index in [0.29, 0.717) is 5.56 Å². The van der Waals surface area contributed by atoms with E-state index in [1.54, 1.807) is 30.3 Å². The van der Waals surface area contributed by atoms with Crippen molar-refractivity contribution < 1.29 is 14.3 Å². The second kappa shape index (κ2) is 4.10. The van der Waals surface area contributed by atoms with Crippen molar-refractivity contribution in [1.82, 2.24) is 4.98 Å². The van der Waals surface area contributed by atoms with Crippen LogP contribution in [0.5, 0.6) is 0 Å². The molecule has 0 aliphatic carbocycles. The molecule has 1 heterocycles. The number of aromatic carboxylic acids is 1. The zero-order valence-corrected chi connectivity index (χ0v) is 8.22. The Balaban J connectivity index is 2.56. The smallest absolute Gasteiger partial charge is 0.354 e. The molecule has 4 heteroatoms. The minimum Gasteiger partial charge on any atom is -0.477 e. The van der Waals surface area contributed by atoms with Crippen LogP contribution < -0.4 is 0 Å². The van der Waals surface area contributed by atoms with Crippen molar-refractivity contribution in [3.8, 4) is 11.3 Å². The number of nitrogens with zero attached hydrogens (tertiary/aromatic N) is 1. The van der Waals surface area contributed by atoms with E-state index in [2.05, 4.69) is 4.98 Å². The highest BCUT2D eigenvalue weighted by Crippen LogP contribution is 2.20. The maximum Gasteiger partial charge on any atom is 0.354 e. The van der Waals surface area contributed by atoms with Gasteiger partial charge in [-0.15, -0.1) is 0 Å². The largest absolute Gasteiger partial charge is 0.477 e. The summed E-state index contributed by atoms with van der Waals surface area (Å²) in [7, 11) is 0. The Kier molecular flexibility index (Phi) is 2.64. The molecule has 0 aliphatic heterocycles. The van der Waals surface area contributed by atoms with E-state index in [0.717, 1.165) is 12.1 Å². The highest BCUT2D eigenvalue weighted by Gasteiger charge is 2.11. The molecule has 2 aromatic rings. The Hall–Kier alpha value is -2.23. The third kappa shape index (κ3) is 1.91. The van der Waals surface area contributed by atoms with Gasteiger partial charge in [0.1, 0.15) is 17.2 Å². The Labute approximate surface area is 91.2 Å². The van der Waals surface area contributed by atoms with Crippen LogP contribution in [-0.2, 0) is 0 Å². The fraction of sp³-hybridized carbons (Fsp3) is 0. The van der Waals surface area contributed by atoms with Crippen molar-refractivity contribution in [2.24, 2.45) is 0 Å². The summed E-state index contributed by atoms with van der Waals surface area (Å²) in [5.74, 6) is -1.70. The lowest BCUT2D eigenvalue weighted by atomic mass is 10.1. The quantitative estimate of drug-likeness (QED) is 0.841. The van der Waals surface area contributed by atoms with Gasteiger partial charge in [-0.1, -0.05) is 30.3 Å². The molecule has 0 bridgehead atoms. The summed E-state index contributed by atoms with van der Waals surface area (Å²) in [5.41, 5.74) is 0.448. The van der Waals surface area contributed by atoms with E-state index in [-0.39, 0.29) is 11.4 Å². The summed E-state index contributed by atoms with van der Waals surface area (Å²) in [4.78, 5) is 14.5. The Morgan fingerprint density at radius 3 is 2.44 bits per heavy atom. The molecule has 0 fully saturated rings. The van der Waals surface area contributed by atoms with Crippen molar-refractivity contribution >= 4 is 5.97 Å². The number of hydrogen-bond donors (Lipinski definition) is 1. The first-order valence-corrected chi connectivity index (χ1v) is 4.64. The lowest BCUT2D eigenvalue weighted by Gasteiger charge is -2.03. The van der Waals surface area contributed by atoms with E-state index >= 15 is 0 Å². The van der Waals surface area contributed by atoms with Crippen LogP contribution in [0.2, 0.25) is 0 Å². The normalized spacial score (nSPS) is 10.1. The third-order valence-electron chi connectivity index (χ3n) is 2.11. The van der Waals surface area contributed by atoms with Crippen LogP contribution in [0.15, 0.2) is 42.5 Å². The van der Waals surface area contributed by atoms with Gasteiger partial charge in [0.25, 0.3) is 0 Å². The molecule has 2 rings (SSSR count). The molecule has 3 nitrogen and oxygen atoms in total.